The normalized spacial score (nSPS) is 17.5. The van der Waals surface area contributed by atoms with Crippen molar-refractivity contribution in [3.8, 4) is 0 Å². The summed E-state index contributed by atoms with van der Waals surface area (Å²) >= 11 is 12.0. The second-order valence-electron chi connectivity index (χ2n) is 8.99. The minimum atomic E-state index is -4.70. The summed E-state index contributed by atoms with van der Waals surface area (Å²) in [6, 6.07) is 8.80. The van der Waals surface area contributed by atoms with Crippen LogP contribution in [0.15, 0.2) is 58.3 Å². The topological polar surface area (TPSA) is 98.8 Å². The number of hydrogen-bond acceptors (Lipinski definition) is 8. The molecule has 4 amide bonds. The van der Waals surface area contributed by atoms with Crippen LogP contribution in [0.1, 0.15) is 24.0 Å². The van der Waals surface area contributed by atoms with Crippen molar-refractivity contribution < 1.29 is 45.5 Å². The average Bonchev–Trinajstić information content (AvgIpc) is 3.38. The predicted octanol–water partition coefficient (Wildman–Crippen LogP) is 6.01. The van der Waals surface area contributed by atoms with Gasteiger partial charge in [0.1, 0.15) is 8.64 Å². The lowest BCUT2D eigenvalue weighted by Gasteiger charge is -2.16. The first kappa shape index (κ1) is 33.4. The molecule has 2 aromatic rings. The summed E-state index contributed by atoms with van der Waals surface area (Å²) < 4.78 is 79.3. The van der Waals surface area contributed by atoms with Gasteiger partial charge in [-0.2, -0.15) is 26.3 Å². The molecule has 2 fully saturated rings. The molecule has 44 heavy (non-hydrogen) atoms. The monoisotopic (exact) mass is 692 g/mol. The van der Waals surface area contributed by atoms with Crippen LogP contribution in [0.5, 0.6) is 0 Å². The number of nitrogens with zero attached hydrogens (tertiary/aromatic N) is 2. The van der Waals surface area contributed by atoms with Gasteiger partial charge in [-0.25, -0.2) is 0 Å². The van der Waals surface area contributed by atoms with E-state index in [1.165, 1.54) is 24.3 Å². The molecule has 2 aliphatic heterocycles. The van der Waals surface area contributed by atoms with Crippen LogP contribution in [0.2, 0.25) is 0 Å². The number of nitrogens with one attached hydrogen (secondary N) is 2. The highest BCUT2D eigenvalue weighted by molar-refractivity contribution is 8.29. The van der Waals surface area contributed by atoms with Gasteiger partial charge in [0.25, 0.3) is 11.8 Å². The Hall–Kier alpha value is -3.48. The molecule has 0 saturated carbocycles. The summed E-state index contributed by atoms with van der Waals surface area (Å²) in [6.45, 7) is -0.567. The lowest BCUT2D eigenvalue weighted by Crippen LogP contribution is -2.33. The van der Waals surface area contributed by atoms with Gasteiger partial charge in [0.05, 0.1) is 32.3 Å². The Bertz CT molecular complexity index is 1480. The fraction of sp³-hybridized carbons (Fsp3) is 0.231. The maximum absolute atomic E-state index is 13.2. The molecule has 0 aliphatic carbocycles. The van der Waals surface area contributed by atoms with E-state index in [9.17, 15) is 45.5 Å². The Morgan fingerprint density at radius 1 is 0.659 bits per heavy atom. The molecule has 2 N–H and O–H groups in total. The molecule has 232 valence electrons. The number of rotatable bonds is 8. The predicted molar refractivity (Wildman–Crippen MR) is 160 cm³/mol. The third-order valence-corrected chi connectivity index (χ3v) is 9.07. The Balaban J connectivity index is 1.37. The number of carbonyl (C=O) groups excluding carboxylic acids is 4. The summed E-state index contributed by atoms with van der Waals surface area (Å²) in [6.07, 6.45) is -10.2. The highest BCUT2D eigenvalue weighted by Crippen LogP contribution is 2.42. The molecule has 0 aromatic heterocycles. The van der Waals surface area contributed by atoms with Crippen LogP contribution >= 0.6 is 48.0 Å². The number of benzene rings is 2. The zero-order valence-corrected chi connectivity index (χ0v) is 25.1. The number of hydrogen-bond donors (Lipinski definition) is 2. The van der Waals surface area contributed by atoms with Gasteiger partial charge in [-0.05, 0) is 24.3 Å². The third kappa shape index (κ3) is 7.59. The van der Waals surface area contributed by atoms with Crippen molar-refractivity contribution >= 4 is 91.6 Å². The lowest BCUT2D eigenvalue weighted by molar-refractivity contribution is -0.138. The van der Waals surface area contributed by atoms with Crippen molar-refractivity contribution in [2.45, 2.75) is 25.2 Å². The summed E-state index contributed by atoms with van der Waals surface area (Å²) in [5.74, 6) is -3.05. The standard InChI is InChI=1S/C26H18F6N4O4S4/c27-25(28,29)13-5-1-3-7-15(13)33-17(37)9-11-35-21(39)19(43-23(35)41)20-22(40)36(24(42)44-20)12-10-18(38)34-16-8-4-2-6-14(16)26(30,31)32/h1-8H,9-12H2,(H,33,37)(H,34,38). The molecule has 2 aromatic carbocycles. The highest BCUT2D eigenvalue weighted by Gasteiger charge is 2.42. The van der Waals surface area contributed by atoms with Gasteiger partial charge in [-0.15, -0.1) is 0 Å². The molecule has 8 nitrogen and oxygen atoms in total. The Morgan fingerprint density at radius 2 is 1.00 bits per heavy atom. The third-order valence-electron chi connectivity index (χ3n) is 6.04. The van der Waals surface area contributed by atoms with Gasteiger partial charge in [0.15, 0.2) is 0 Å². The van der Waals surface area contributed by atoms with Gasteiger partial charge >= 0.3 is 12.4 Å². The van der Waals surface area contributed by atoms with Crippen LogP contribution in [-0.4, -0.2) is 55.2 Å². The quantitative estimate of drug-likeness (QED) is 0.197. The SMILES string of the molecule is O=C(CCN1C(=O)C(=C2SC(=S)N(CCC(=O)Nc3ccccc3C(F)(F)F)C2=O)SC1=S)Nc1ccccc1C(F)(F)F. The van der Waals surface area contributed by atoms with Crippen molar-refractivity contribution in [3.05, 3.63) is 69.5 Å². The zero-order chi connectivity index (χ0) is 32.4. The van der Waals surface area contributed by atoms with Crippen LogP contribution in [-0.2, 0) is 31.5 Å². The van der Waals surface area contributed by atoms with Gasteiger partial charge < -0.3 is 10.6 Å². The van der Waals surface area contributed by atoms with E-state index in [-0.39, 0.29) is 31.5 Å². The maximum Gasteiger partial charge on any atom is 0.418 e. The number of alkyl halides is 6. The summed E-state index contributed by atoms with van der Waals surface area (Å²) in [7, 11) is 0. The summed E-state index contributed by atoms with van der Waals surface area (Å²) in [4.78, 5) is 52.9. The number of halogens is 6. The van der Waals surface area contributed by atoms with E-state index >= 15 is 0 Å². The van der Waals surface area contributed by atoms with Crippen LogP contribution in [0.4, 0.5) is 37.7 Å². The van der Waals surface area contributed by atoms with Crippen LogP contribution < -0.4 is 10.6 Å². The molecule has 0 atom stereocenters. The average molecular weight is 693 g/mol. The van der Waals surface area contributed by atoms with E-state index in [4.69, 9.17) is 24.4 Å². The number of amides is 4. The number of thioether (sulfide) groups is 2. The Morgan fingerprint density at radius 3 is 1.34 bits per heavy atom. The molecule has 0 spiro atoms. The zero-order valence-electron chi connectivity index (χ0n) is 21.9. The van der Waals surface area contributed by atoms with Gasteiger partial charge in [-0.3, -0.25) is 29.0 Å². The van der Waals surface area contributed by atoms with Crippen molar-refractivity contribution in [1.29, 1.82) is 0 Å². The van der Waals surface area contributed by atoms with Crippen molar-refractivity contribution in [2.24, 2.45) is 0 Å². The van der Waals surface area contributed by atoms with E-state index in [0.29, 0.717) is 0 Å². The van der Waals surface area contributed by atoms with Crippen LogP contribution in [0.25, 0.3) is 0 Å². The van der Waals surface area contributed by atoms with E-state index in [0.717, 1.165) is 57.6 Å². The molecule has 18 heteroatoms. The molecular formula is C26H18F6N4O4S4. The van der Waals surface area contributed by atoms with E-state index < -0.39 is 71.3 Å². The lowest BCUT2D eigenvalue weighted by atomic mass is 10.1. The molecule has 2 heterocycles. The number of carbonyl (C=O) groups is 4. The molecule has 2 saturated heterocycles. The molecule has 2 aliphatic rings. The first-order valence-corrected chi connectivity index (χ1v) is 14.8. The first-order chi connectivity index (χ1) is 20.6. The van der Waals surface area contributed by atoms with Crippen molar-refractivity contribution in [3.63, 3.8) is 0 Å². The first-order valence-electron chi connectivity index (χ1n) is 12.3. The Kier molecular flexibility index (Phi) is 10.1. The minimum Gasteiger partial charge on any atom is -0.325 e. The van der Waals surface area contributed by atoms with E-state index in [1.54, 1.807) is 0 Å². The summed E-state index contributed by atoms with van der Waals surface area (Å²) in [5.41, 5.74) is -2.97. The van der Waals surface area contributed by atoms with Gasteiger partial charge in [0.2, 0.25) is 11.8 Å². The van der Waals surface area contributed by atoms with Gasteiger partial charge in [-0.1, -0.05) is 72.2 Å². The van der Waals surface area contributed by atoms with Gasteiger partial charge in [0, 0.05) is 25.9 Å². The Labute approximate surface area is 264 Å². The molecule has 0 radical (unpaired) electrons. The number of para-hydroxylation sites is 2. The maximum atomic E-state index is 13.2. The minimum absolute atomic E-state index is 0.00136. The fourth-order valence-corrected chi connectivity index (χ4v) is 6.76. The number of anilines is 2. The van der Waals surface area contributed by atoms with Crippen LogP contribution in [0, 0.1) is 0 Å². The van der Waals surface area contributed by atoms with Crippen LogP contribution in [0.3, 0.4) is 0 Å². The summed E-state index contributed by atoms with van der Waals surface area (Å²) in [5, 5.41) is 4.35. The second-order valence-corrected chi connectivity index (χ2v) is 12.3. The molecule has 4 rings (SSSR count). The largest absolute Gasteiger partial charge is 0.418 e. The van der Waals surface area contributed by atoms with E-state index in [1.807, 2.05) is 0 Å². The smallest absolute Gasteiger partial charge is 0.325 e. The number of thiocarbonyl (C=S) groups is 2. The van der Waals surface area contributed by atoms with Crippen molar-refractivity contribution in [2.75, 3.05) is 23.7 Å². The second kappa shape index (κ2) is 13.3. The van der Waals surface area contributed by atoms with Crippen molar-refractivity contribution in [1.82, 2.24) is 9.80 Å². The molecule has 0 bridgehead atoms. The fourth-order valence-electron chi connectivity index (χ4n) is 3.99. The highest BCUT2D eigenvalue weighted by atomic mass is 32.2. The van der Waals surface area contributed by atoms with E-state index in [2.05, 4.69) is 10.6 Å². The molecular weight excluding hydrogens is 675 g/mol. The molecule has 0 unspecified atom stereocenters.